The first kappa shape index (κ1) is 23.0. The first-order valence-electron chi connectivity index (χ1n) is 11.6. The molecule has 2 saturated heterocycles. The Labute approximate surface area is 199 Å². The second-order valence-corrected chi connectivity index (χ2v) is 8.71. The molecule has 4 heterocycles. The predicted molar refractivity (Wildman–Crippen MR) is 124 cm³/mol. The van der Waals surface area contributed by atoms with Crippen LogP contribution < -0.4 is 20.1 Å². The van der Waals surface area contributed by atoms with E-state index in [9.17, 15) is 18.4 Å². The number of fused-ring (bicyclic) bond motifs is 1. The number of H-pyrrole nitrogens is 1. The molecule has 0 radical (unpaired) electrons. The van der Waals surface area contributed by atoms with E-state index in [4.69, 9.17) is 4.74 Å². The molecule has 1 aromatic carbocycles. The standard InChI is InChI=1S/C22H26F2N8O3/c1-29-20-18(27-28-29)21(34)26-22(25-20)32-9-7-31(8-10-32)19-15(23)11-14(12-16(19)24)35-13-17(33)30-5-3-2-4-6-30/h11-12H,2-10,13H2,1H3,(H,25,26,34). The van der Waals surface area contributed by atoms with Crippen molar-refractivity contribution in [1.29, 1.82) is 0 Å². The number of aryl methyl sites for hydroxylation is 1. The third-order valence-corrected chi connectivity index (χ3v) is 6.41. The quantitative estimate of drug-likeness (QED) is 0.567. The Bertz CT molecular complexity index is 1270. The van der Waals surface area contributed by atoms with E-state index in [-0.39, 0.29) is 29.5 Å². The summed E-state index contributed by atoms with van der Waals surface area (Å²) in [6.45, 7) is 2.53. The van der Waals surface area contributed by atoms with Gasteiger partial charge in [-0.1, -0.05) is 5.21 Å². The average molecular weight is 488 g/mol. The zero-order valence-corrected chi connectivity index (χ0v) is 19.3. The van der Waals surface area contributed by atoms with Gasteiger partial charge in [0, 0.05) is 58.4 Å². The Balaban J connectivity index is 1.24. The van der Waals surface area contributed by atoms with Gasteiger partial charge in [-0.2, -0.15) is 4.98 Å². The third kappa shape index (κ3) is 4.62. The number of likely N-dealkylation sites (tertiary alicyclic amines) is 1. The lowest BCUT2D eigenvalue weighted by Gasteiger charge is -2.36. The van der Waals surface area contributed by atoms with Crippen LogP contribution in [0.2, 0.25) is 0 Å². The van der Waals surface area contributed by atoms with Gasteiger partial charge < -0.3 is 19.4 Å². The molecule has 1 amide bonds. The number of carbonyl (C=O) groups excluding carboxylic acids is 1. The highest BCUT2D eigenvalue weighted by Gasteiger charge is 2.26. The molecule has 1 N–H and O–H groups in total. The number of benzene rings is 1. The maximum Gasteiger partial charge on any atom is 0.282 e. The fourth-order valence-electron chi connectivity index (χ4n) is 4.51. The van der Waals surface area contributed by atoms with Crippen molar-refractivity contribution in [2.45, 2.75) is 19.3 Å². The molecule has 0 aliphatic carbocycles. The molecule has 0 bridgehead atoms. The van der Waals surface area contributed by atoms with E-state index in [0.717, 1.165) is 31.4 Å². The molecule has 35 heavy (non-hydrogen) atoms. The molecular weight excluding hydrogens is 462 g/mol. The van der Waals surface area contributed by atoms with Crippen LogP contribution in [0.5, 0.6) is 5.75 Å². The van der Waals surface area contributed by atoms with Gasteiger partial charge in [-0.25, -0.2) is 13.5 Å². The maximum atomic E-state index is 14.9. The van der Waals surface area contributed by atoms with E-state index in [1.807, 2.05) is 4.90 Å². The molecule has 3 aromatic rings. The average Bonchev–Trinajstić information content (AvgIpc) is 3.24. The zero-order chi connectivity index (χ0) is 24.5. The third-order valence-electron chi connectivity index (χ3n) is 6.41. The van der Waals surface area contributed by atoms with Crippen LogP contribution in [0.4, 0.5) is 20.4 Å². The number of piperidine rings is 1. The zero-order valence-electron chi connectivity index (χ0n) is 19.3. The minimum atomic E-state index is -0.757. The lowest BCUT2D eigenvalue weighted by Crippen LogP contribution is -2.48. The van der Waals surface area contributed by atoms with Crippen LogP contribution in [-0.4, -0.2) is 81.6 Å². The van der Waals surface area contributed by atoms with Crippen molar-refractivity contribution < 1.29 is 18.3 Å². The molecule has 2 fully saturated rings. The second-order valence-electron chi connectivity index (χ2n) is 8.71. The Kier molecular flexibility index (Phi) is 6.22. The fourth-order valence-corrected chi connectivity index (χ4v) is 4.51. The van der Waals surface area contributed by atoms with Crippen LogP contribution in [0.3, 0.4) is 0 Å². The minimum Gasteiger partial charge on any atom is -0.484 e. The fraction of sp³-hybridized carbons (Fsp3) is 0.500. The highest BCUT2D eigenvalue weighted by molar-refractivity contribution is 5.77. The van der Waals surface area contributed by atoms with Gasteiger partial charge in [0.2, 0.25) is 5.95 Å². The van der Waals surface area contributed by atoms with Crippen molar-refractivity contribution in [3.8, 4) is 5.75 Å². The summed E-state index contributed by atoms with van der Waals surface area (Å²) in [6, 6.07) is 2.22. The van der Waals surface area contributed by atoms with Crippen LogP contribution in [0.1, 0.15) is 19.3 Å². The summed E-state index contributed by atoms with van der Waals surface area (Å²) in [5.74, 6) is -1.36. The summed E-state index contributed by atoms with van der Waals surface area (Å²) < 4.78 is 36.6. The number of aromatic amines is 1. The van der Waals surface area contributed by atoms with E-state index in [1.165, 1.54) is 4.68 Å². The molecule has 2 aromatic heterocycles. The smallest absolute Gasteiger partial charge is 0.282 e. The van der Waals surface area contributed by atoms with Crippen molar-refractivity contribution >= 4 is 28.7 Å². The first-order valence-corrected chi connectivity index (χ1v) is 11.6. The van der Waals surface area contributed by atoms with Crippen molar-refractivity contribution in [1.82, 2.24) is 29.9 Å². The van der Waals surface area contributed by atoms with E-state index in [1.54, 1.807) is 16.8 Å². The molecule has 2 aliphatic heterocycles. The van der Waals surface area contributed by atoms with Gasteiger partial charge in [-0.3, -0.25) is 14.6 Å². The number of ether oxygens (including phenoxy) is 1. The molecule has 0 atom stereocenters. The number of nitrogens with zero attached hydrogens (tertiary/aromatic N) is 7. The van der Waals surface area contributed by atoms with Crippen molar-refractivity contribution in [2.75, 3.05) is 55.7 Å². The number of hydrogen-bond donors (Lipinski definition) is 1. The predicted octanol–water partition coefficient (Wildman–Crippen LogP) is 1.05. The Morgan fingerprint density at radius 1 is 1.03 bits per heavy atom. The van der Waals surface area contributed by atoms with Gasteiger partial charge in [0.1, 0.15) is 11.4 Å². The normalized spacial score (nSPS) is 16.7. The summed E-state index contributed by atoms with van der Waals surface area (Å²) in [7, 11) is 1.64. The summed E-state index contributed by atoms with van der Waals surface area (Å²) in [4.78, 5) is 36.8. The molecule has 0 spiro atoms. The highest BCUT2D eigenvalue weighted by atomic mass is 19.1. The monoisotopic (exact) mass is 488 g/mol. The summed E-state index contributed by atoms with van der Waals surface area (Å²) in [5, 5.41) is 7.60. The van der Waals surface area contributed by atoms with Crippen LogP contribution >= 0.6 is 0 Å². The van der Waals surface area contributed by atoms with Gasteiger partial charge in [0.05, 0.1) is 0 Å². The maximum absolute atomic E-state index is 14.9. The molecule has 186 valence electrons. The number of hydrogen-bond acceptors (Lipinski definition) is 8. The SMILES string of the molecule is Cn1nnc2c(=O)[nH]c(N3CCN(c4c(F)cc(OCC(=O)N5CCCCC5)cc4F)CC3)nc21. The molecule has 5 rings (SSSR count). The largest absolute Gasteiger partial charge is 0.484 e. The molecule has 2 aliphatic rings. The Morgan fingerprint density at radius 2 is 1.69 bits per heavy atom. The topological polar surface area (TPSA) is 112 Å². The number of aromatic nitrogens is 5. The summed E-state index contributed by atoms with van der Waals surface area (Å²) >= 11 is 0. The van der Waals surface area contributed by atoms with Crippen LogP contribution in [0.25, 0.3) is 11.2 Å². The van der Waals surface area contributed by atoms with Gasteiger partial charge in [0.25, 0.3) is 11.5 Å². The van der Waals surface area contributed by atoms with Gasteiger partial charge in [-0.15, -0.1) is 5.10 Å². The van der Waals surface area contributed by atoms with Gasteiger partial charge in [0.15, 0.2) is 29.4 Å². The van der Waals surface area contributed by atoms with E-state index in [0.29, 0.717) is 50.9 Å². The number of rotatable bonds is 5. The highest BCUT2D eigenvalue weighted by Crippen LogP contribution is 2.29. The molecule has 0 saturated carbocycles. The van der Waals surface area contributed by atoms with Gasteiger partial charge in [-0.05, 0) is 19.3 Å². The number of piperazine rings is 1. The first-order chi connectivity index (χ1) is 16.9. The van der Waals surface area contributed by atoms with E-state index in [2.05, 4.69) is 20.3 Å². The van der Waals surface area contributed by atoms with E-state index < -0.39 is 17.2 Å². The Morgan fingerprint density at radius 3 is 2.37 bits per heavy atom. The van der Waals surface area contributed by atoms with Crippen molar-refractivity contribution in [3.63, 3.8) is 0 Å². The molecule has 11 nitrogen and oxygen atoms in total. The molecule has 13 heteroatoms. The number of nitrogens with one attached hydrogen (secondary N) is 1. The van der Waals surface area contributed by atoms with Crippen LogP contribution in [0, 0.1) is 11.6 Å². The summed E-state index contributed by atoms with van der Waals surface area (Å²) in [5.41, 5.74) is -0.0318. The lowest BCUT2D eigenvalue weighted by molar-refractivity contribution is -0.134. The van der Waals surface area contributed by atoms with Crippen molar-refractivity contribution in [3.05, 3.63) is 34.1 Å². The second kappa shape index (κ2) is 9.47. The van der Waals surface area contributed by atoms with Crippen LogP contribution in [0.15, 0.2) is 16.9 Å². The lowest BCUT2D eigenvalue weighted by atomic mass is 10.1. The molecule has 0 unspecified atom stereocenters. The number of carbonyl (C=O) groups is 1. The molecular formula is C22H26F2N8O3. The van der Waals surface area contributed by atoms with Gasteiger partial charge >= 0.3 is 0 Å². The van der Waals surface area contributed by atoms with Crippen molar-refractivity contribution in [2.24, 2.45) is 7.05 Å². The summed E-state index contributed by atoms with van der Waals surface area (Å²) in [6.07, 6.45) is 3.01. The number of anilines is 2. The minimum absolute atomic E-state index is 0.0207. The van der Waals surface area contributed by atoms with Crippen LogP contribution in [-0.2, 0) is 11.8 Å². The number of amides is 1. The number of halogens is 2. The van der Waals surface area contributed by atoms with E-state index >= 15 is 0 Å². The Hall–Kier alpha value is -3.77.